The number of hydrogen-bond acceptors (Lipinski definition) is 2. The summed E-state index contributed by atoms with van der Waals surface area (Å²) in [6.07, 6.45) is 1.08. The average Bonchev–Trinajstić information content (AvgIpc) is 2.45. The topological polar surface area (TPSA) is 21.3 Å². The first-order valence-corrected chi connectivity index (χ1v) is 8.31. The van der Waals surface area contributed by atoms with Crippen LogP contribution in [0.3, 0.4) is 0 Å². The molecule has 0 fully saturated rings. The van der Waals surface area contributed by atoms with Gasteiger partial charge in [0.1, 0.15) is 17.3 Å². The van der Waals surface area contributed by atoms with Crippen LogP contribution in [0.25, 0.3) is 0 Å². The number of halogens is 3. The summed E-state index contributed by atoms with van der Waals surface area (Å²) in [6.45, 7) is 3.82. The first-order chi connectivity index (χ1) is 10.1. The lowest BCUT2D eigenvalue weighted by Crippen LogP contribution is -2.14. The molecule has 112 valence electrons. The van der Waals surface area contributed by atoms with Crippen molar-refractivity contribution in [3.63, 3.8) is 0 Å². The lowest BCUT2D eigenvalue weighted by molar-refractivity contribution is 0.470. The summed E-state index contributed by atoms with van der Waals surface area (Å²) >= 11 is 6.61. The van der Waals surface area contributed by atoms with E-state index in [9.17, 15) is 4.39 Å². The van der Waals surface area contributed by atoms with Crippen molar-refractivity contribution in [1.82, 2.24) is 5.32 Å². The minimum atomic E-state index is -0.304. The molecule has 0 aliphatic heterocycles. The molecule has 0 unspecified atom stereocenters. The standard InChI is InChI=1S/C16H16Br2FNO/c1-2-7-20-10-11-3-4-12(17)8-16(11)21-13-5-6-15(19)14(18)9-13/h3-6,8-9,20H,2,7,10H2,1H3. The van der Waals surface area contributed by atoms with E-state index in [-0.39, 0.29) is 5.82 Å². The van der Waals surface area contributed by atoms with Gasteiger partial charge in [-0.3, -0.25) is 0 Å². The first kappa shape index (κ1) is 16.5. The largest absolute Gasteiger partial charge is 0.457 e. The zero-order chi connectivity index (χ0) is 15.2. The third-order valence-corrected chi connectivity index (χ3v) is 3.99. The number of rotatable bonds is 6. The van der Waals surface area contributed by atoms with Crippen LogP contribution in [0.5, 0.6) is 11.5 Å². The van der Waals surface area contributed by atoms with Gasteiger partial charge in [0.15, 0.2) is 0 Å². The molecule has 2 aromatic carbocycles. The van der Waals surface area contributed by atoms with Crippen LogP contribution >= 0.6 is 31.9 Å². The van der Waals surface area contributed by atoms with Crippen molar-refractivity contribution in [1.29, 1.82) is 0 Å². The minimum absolute atomic E-state index is 0.304. The van der Waals surface area contributed by atoms with Gasteiger partial charge in [-0.1, -0.05) is 28.9 Å². The van der Waals surface area contributed by atoms with Crippen LogP contribution in [0.15, 0.2) is 45.3 Å². The Morgan fingerprint density at radius 2 is 1.95 bits per heavy atom. The predicted molar refractivity (Wildman–Crippen MR) is 90.3 cm³/mol. The zero-order valence-electron chi connectivity index (χ0n) is 11.6. The van der Waals surface area contributed by atoms with Gasteiger partial charge in [0.05, 0.1) is 4.47 Å². The highest BCUT2D eigenvalue weighted by atomic mass is 79.9. The molecule has 0 saturated carbocycles. The van der Waals surface area contributed by atoms with Gasteiger partial charge < -0.3 is 10.1 Å². The van der Waals surface area contributed by atoms with Crippen molar-refractivity contribution >= 4 is 31.9 Å². The van der Waals surface area contributed by atoms with Gasteiger partial charge in [0, 0.05) is 16.6 Å². The smallest absolute Gasteiger partial charge is 0.137 e. The Morgan fingerprint density at radius 1 is 1.14 bits per heavy atom. The predicted octanol–water partition coefficient (Wildman–Crippen LogP) is 5.64. The molecule has 5 heteroatoms. The van der Waals surface area contributed by atoms with Crippen molar-refractivity contribution in [3.8, 4) is 11.5 Å². The Labute approximate surface area is 141 Å². The van der Waals surface area contributed by atoms with E-state index in [0.717, 1.165) is 35.3 Å². The number of nitrogens with one attached hydrogen (secondary N) is 1. The van der Waals surface area contributed by atoms with Crippen LogP contribution in [-0.2, 0) is 6.54 Å². The van der Waals surface area contributed by atoms with Crippen LogP contribution < -0.4 is 10.1 Å². The van der Waals surface area contributed by atoms with Crippen molar-refractivity contribution < 1.29 is 9.13 Å². The fraction of sp³-hybridized carbons (Fsp3) is 0.250. The molecule has 2 aromatic rings. The highest BCUT2D eigenvalue weighted by Crippen LogP contribution is 2.30. The van der Waals surface area contributed by atoms with Gasteiger partial charge in [0.2, 0.25) is 0 Å². The van der Waals surface area contributed by atoms with E-state index in [1.807, 2.05) is 18.2 Å². The van der Waals surface area contributed by atoms with Gasteiger partial charge in [-0.25, -0.2) is 4.39 Å². The molecular formula is C16H16Br2FNO. The molecule has 2 rings (SSSR count). The Bertz CT molecular complexity index is 619. The van der Waals surface area contributed by atoms with E-state index in [0.29, 0.717) is 10.2 Å². The molecular weight excluding hydrogens is 401 g/mol. The molecule has 0 radical (unpaired) electrons. The molecule has 0 aliphatic rings. The lowest BCUT2D eigenvalue weighted by atomic mass is 10.2. The number of benzene rings is 2. The molecule has 0 spiro atoms. The zero-order valence-corrected chi connectivity index (χ0v) is 14.8. The van der Waals surface area contributed by atoms with Crippen molar-refractivity contribution in [2.24, 2.45) is 0 Å². The molecule has 1 N–H and O–H groups in total. The maximum Gasteiger partial charge on any atom is 0.137 e. The Balaban J connectivity index is 2.20. The van der Waals surface area contributed by atoms with E-state index in [1.165, 1.54) is 6.07 Å². The van der Waals surface area contributed by atoms with Gasteiger partial charge in [-0.15, -0.1) is 0 Å². The van der Waals surface area contributed by atoms with Gasteiger partial charge >= 0.3 is 0 Å². The third kappa shape index (κ3) is 4.80. The van der Waals surface area contributed by atoms with Gasteiger partial charge in [0.25, 0.3) is 0 Å². The van der Waals surface area contributed by atoms with E-state index in [4.69, 9.17) is 4.74 Å². The summed E-state index contributed by atoms with van der Waals surface area (Å²) in [4.78, 5) is 0. The third-order valence-electron chi connectivity index (χ3n) is 2.89. The SMILES string of the molecule is CCCNCc1ccc(Br)cc1Oc1ccc(F)c(Br)c1. The van der Waals surface area contributed by atoms with Gasteiger partial charge in [-0.2, -0.15) is 0 Å². The van der Waals surface area contributed by atoms with Crippen molar-refractivity contribution in [2.45, 2.75) is 19.9 Å². The second-order valence-electron chi connectivity index (χ2n) is 4.61. The average molecular weight is 417 g/mol. The molecule has 0 aliphatic carbocycles. The Hall–Kier alpha value is -0.910. The summed E-state index contributed by atoms with van der Waals surface area (Å²) < 4.78 is 20.5. The second kappa shape index (κ2) is 7.92. The summed E-state index contributed by atoms with van der Waals surface area (Å²) in [5.74, 6) is 1.05. The van der Waals surface area contributed by atoms with E-state index >= 15 is 0 Å². The molecule has 0 bridgehead atoms. The molecule has 0 saturated heterocycles. The highest BCUT2D eigenvalue weighted by molar-refractivity contribution is 9.10. The maximum atomic E-state index is 13.3. The molecule has 0 heterocycles. The summed E-state index contributed by atoms with van der Waals surface area (Å²) in [5, 5.41) is 3.35. The fourth-order valence-electron chi connectivity index (χ4n) is 1.84. The Kier molecular flexibility index (Phi) is 6.21. The van der Waals surface area contributed by atoms with Crippen molar-refractivity contribution in [3.05, 3.63) is 56.7 Å². The summed E-state index contributed by atoms with van der Waals surface area (Å²) in [5.41, 5.74) is 1.06. The fourth-order valence-corrected chi connectivity index (χ4v) is 2.53. The van der Waals surface area contributed by atoms with E-state index in [1.54, 1.807) is 12.1 Å². The van der Waals surface area contributed by atoms with Gasteiger partial charge in [-0.05, 0) is 59.2 Å². The maximum absolute atomic E-state index is 13.3. The number of ether oxygens (including phenoxy) is 1. The quantitative estimate of drug-likeness (QED) is 0.615. The second-order valence-corrected chi connectivity index (χ2v) is 6.38. The Morgan fingerprint density at radius 3 is 2.67 bits per heavy atom. The van der Waals surface area contributed by atoms with Crippen LogP contribution in [0.2, 0.25) is 0 Å². The summed E-state index contributed by atoms with van der Waals surface area (Å²) in [7, 11) is 0. The van der Waals surface area contributed by atoms with E-state index < -0.39 is 0 Å². The monoisotopic (exact) mass is 415 g/mol. The van der Waals surface area contributed by atoms with Crippen LogP contribution in [0.4, 0.5) is 4.39 Å². The highest BCUT2D eigenvalue weighted by Gasteiger charge is 2.08. The van der Waals surface area contributed by atoms with Crippen LogP contribution in [0, 0.1) is 5.82 Å². The minimum Gasteiger partial charge on any atom is -0.457 e. The van der Waals surface area contributed by atoms with E-state index in [2.05, 4.69) is 44.1 Å². The normalized spacial score (nSPS) is 10.7. The number of hydrogen-bond donors (Lipinski definition) is 1. The summed E-state index contributed by atoms with van der Waals surface area (Å²) in [6, 6.07) is 10.5. The molecule has 0 aromatic heterocycles. The lowest BCUT2D eigenvalue weighted by Gasteiger charge is -2.13. The molecule has 0 atom stereocenters. The van der Waals surface area contributed by atoms with Crippen LogP contribution in [-0.4, -0.2) is 6.54 Å². The molecule has 0 amide bonds. The molecule has 2 nitrogen and oxygen atoms in total. The first-order valence-electron chi connectivity index (χ1n) is 6.72. The van der Waals surface area contributed by atoms with Crippen LogP contribution in [0.1, 0.15) is 18.9 Å². The molecule has 21 heavy (non-hydrogen) atoms. The van der Waals surface area contributed by atoms with Crippen molar-refractivity contribution in [2.75, 3.05) is 6.54 Å².